The highest BCUT2D eigenvalue weighted by Gasteiger charge is 2.27. The Kier molecular flexibility index (Phi) is 8.55. The Bertz CT molecular complexity index is 2500. The van der Waals surface area contributed by atoms with E-state index in [1.807, 2.05) is 89.8 Å². The zero-order valence-electron chi connectivity index (χ0n) is 27.3. The van der Waals surface area contributed by atoms with Crippen LogP contribution in [0.2, 0.25) is 0 Å². The van der Waals surface area contributed by atoms with Crippen LogP contribution in [0.1, 0.15) is 43.1 Å². The number of aromatic amines is 1. The number of ether oxygens (including phenoxy) is 1. The number of nitriles is 1. The van der Waals surface area contributed by atoms with E-state index in [4.69, 9.17) is 10.5 Å². The number of amides is 1. The van der Waals surface area contributed by atoms with E-state index in [0.29, 0.717) is 51.7 Å². The zero-order valence-corrected chi connectivity index (χ0v) is 28.9. The van der Waals surface area contributed by atoms with Gasteiger partial charge in [-0.1, -0.05) is 83.3 Å². The molecule has 0 saturated carbocycles. The number of rotatable bonds is 9. The number of carbonyl (C=O) groups is 2. The van der Waals surface area contributed by atoms with Crippen LogP contribution in [0.25, 0.3) is 31.9 Å². The van der Waals surface area contributed by atoms with Gasteiger partial charge in [-0.3, -0.25) is 15.2 Å². The third-order valence-electron chi connectivity index (χ3n) is 8.77. The third kappa shape index (κ3) is 6.30. The fourth-order valence-electron chi connectivity index (χ4n) is 6.17. The molecule has 0 radical (unpaired) electrons. The lowest BCUT2D eigenvalue weighted by atomic mass is 9.94. The summed E-state index contributed by atoms with van der Waals surface area (Å²) >= 11 is 2.74. The van der Waals surface area contributed by atoms with Crippen molar-refractivity contribution in [3.63, 3.8) is 0 Å². The minimum absolute atomic E-state index is 0.0235. The highest BCUT2D eigenvalue weighted by atomic mass is 32.1. The maximum Gasteiger partial charge on any atom is 0.356 e. The number of hydrogen-bond donors (Lipinski definition) is 4. The minimum atomic E-state index is -1.11. The largest absolute Gasteiger partial charge is 0.489 e. The van der Waals surface area contributed by atoms with Gasteiger partial charge in [0.1, 0.15) is 24.0 Å². The summed E-state index contributed by atoms with van der Waals surface area (Å²) in [7, 11) is 0. The number of nitrogens with two attached hydrogens (primary N) is 1. The molecule has 1 aliphatic heterocycles. The lowest BCUT2D eigenvalue weighted by Crippen LogP contribution is -2.32. The molecule has 0 aliphatic carbocycles. The quantitative estimate of drug-likeness (QED) is 0.117. The summed E-state index contributed by atoms with van der Waals surface area (Å²) in [6.45, 7) is 1.31. The molecule has 0 spiro atoms. The van der Waals surface area contributed by atoms with Crippen LogP contribution >= 0.6 is 22.7 Å². The van der Waals surface area contributed by atoms with Crippen LogP contribution in [0.3, 0.4) is 0 Å². The normalized spacial score (nSPS) is 12.3. The molecule has 1 amide bonds. The molecule has 0 fully saturated rings. The molecule has 3 aromatic heterocycles. The van der Waals surface area contributed by atoms with Gasteiger partial charge in [0, 0.05) is 24.2 Å². The predicted molar refractivity (Wildman–Crippen MR) is 201 cm³/mol. The highest BCUT2D eigenvalue weighted by molar-refractivity contribution is 7.22. The molecule has 8 rings (SSSR count). The molecule has 256 valence electrons. The van der Waals surface area contributed by atoms with Crippen LogP contribution in [0, 0.1) is 11.3 Å². The van der Waals surface area contributed by atoms with Crippen molar-refractivity contribution >= 4 is 60.8 Å². The Labute approximate surface area is 304 Å². The highest BCUT2D eigenvalue weighted by Crippen LogP contribution is 2.38. The van der Waals surface area contributed by atoms with Crippen molar-refractivity contribution in [3.8, 4) is 33.5 Å². The summed E-state index contributed by atoms with van der Waals surface area (Å²) < 4.78 is 7.03. The fraction of sp³-hybridized carbons (Fsp3) is 0.105. The Morgan fingerprint density at radius 2 is 1.83 bits per heavy atom. The van der Waals surface area contributed by atoms with Gasteiger partial charge >= 0.3 is 5.97 Å². The van der Waals surface area contributed by atoms with Crippen molar-refractivity contribution in [2.24, 2.45) is 0 Å². The smallest absolute Gasteiger partial charge is 0.356 e. The number of fused-ring (bicyclic) bond motifs is 2. The molecule has 0 bridgehead atoms. The zero-order chi connectivity index (χ0) is 35.8. The standard InChI is InChI=1S/C38H28N8O4S2/c39-18-27-31(44-45-34(27)40)24-6-3-7-25(17-24)50-20-21-11-13-23(14-12-21)33-32(36(48)49)42-38(52-33)46-16-15-22-5-4-8-26(28(22)19-46)35(47)43-37-41-29-9-1-2-10-30(29)51-37/h1-14,17H,15-16,19-20H2,(H,48,49)(H3,40,44,45)(H,41,43,47). The molecule has 0 unspecified atom stereocenters. The number of nitrogen functional groups attached to an aromatic ring is 1. The van der Waals surface area contributed by atoms with Gasteiger partial charge in [0.15, 0.2) is 21.8 Å². The fourth-order valence-corrected chi connectivity index (χ4v) is 8.12. The Morgan fingerprint density at radius 3 is 2.63 bits per heavy atom. The Hall–Kier alpha value is -6.56. The monoisotopic (exact) mass is 724 g/mol. The number of nitrogens with zero attached hydrogens (tertiary/aromatic N) is 5. The number of para-hydroxylation sites is 1. The number of H-pyrrole nitrogens is 1. The summed E-state index contributed by atoms with van der Waals surface area (Å²) in [6.07, 6.45) is 0.682. The molecule has 52 heavy (non-hydrogen) atoms. The number of hydrogen-bond acceptors (Lipinski definition) is 11. The number of carboxylic acid groups (broad SMARTS) is 1. The van der Waals surface area contributed by atoms with E-state index in [1.54, 1.807) is 6.07 Å². The Balaban J connectivity index is 0.983. The first-order valence-corrected chi connectivity index (χ1v) is 17.8. The molecule has 0 atom stereocenters. The number of thiazole rings is 2. The lowest BCUT2D eigenvalue weighted by molar-refractivity contribution is 0.0692. The maximum atomic E-state index is 13.5. The first-order valence-electron chi connectivity index (χ1n) is 16.2. The van der Waals surface area contributed by atoms with Crippen molar-refractivity contribution < 1.29 is 19.4 Å². The molecule has 14 heteroatoms. The van der Waals surface area contributed by atoms with Crippen LogP contribution in [-0.2, 0) is 19.6 Å². The summed E-state index contributed by atoms with van der Waals surface area (Å²) in [5, 5.41) is 30.4. The molecule has 4 aromatic carbocycles. The first-order chi connectivity index (χ1) is 25.3. The SMILES string of the molecule is N#Cc1c(N)n[nH]c1-c1cccc(OCc2ccc(-c3sc(N4CCc5cccc(C(=O)Nc6nc7ccccc7s6)c5C4)nc3C(=O)O)cc2)c1. The number of carboxylic acids is 1. The van der Waals surface area contributed by atoms with E-state index in [0.717, 1.165) is 38.0 Å². The number of benzene rings is 4. The minimum Gasteiger partial charge on any atom is -0.489 e. The van der Waals surface area contributed by atoms with Crippen molar-refractivity contribution in [2.45, 2.75) is 19.6 Å². The number of aromatic carboxylic acids is 1. The van der Waals surface area contributed by atoms with Crippen LogP contribution in [0.5, 0.6) is 5.75 Å². The van der Waals surface area contributed by atoms with Crippen LogP contribution in [0.4, 0.5) is 16.1 Å². The van der Waals surface area contributed by atoms with Crippen LogP contribution in [-0.4, -0.2) is 43.7 Å². The van der Waals surface area contributed by atoms with Gasteiger partial charge in [0.05, 0.1) is 20.8 Å². The number of aromatic nitrogens is 4. The lowest BCUT2D eigenvalue weighted by Gasteiger charge is -2.29. The van der Waals surface area contributed by atoms with Crippen molar-refractivity contribution in [1.29, 1.82) is 5.26 Å². The number of carbonyl (C=O) groups excluding carboxylic acids is 1. The van der Waals surface area contributed by atoms with E-state index in [-0.39, 0.29) is 29.6 Å². The number of anilines is 3. The van der Waals surface area contributed by atoms with Crippen molar-refractivity contribution in [3.05, 3.63) is 125 Å². The van der Waals surface area contributed by atoms with Gasteiger partial charge in [0.25, 0.3) is 5.91 Å². The van der Waals surface area contributed by atoms with Crippen LogP contribution in [0.15, 0.2) is 91.0 Å². The second-order valence-electron chi connectivity index (χ2n) is 12.0. The molecule has 4 heterocycles. The summed E-state index contributed by atoms with van der Waals surface area (Å²) in [5.41, 5.74) is 12.2. The van der Waals surface area contributed by atoms with E-state index < -0.39 is 5.97 Å². The molecule has 0 saturated heterocycles. The average Bonchev–Trinajstić information content (AvgIpc) is 3.90. The van der Waals surface area contributed by atoms with E-state index in [9.17, 15) is 20.0 Å². The van der Waals surface area contributed by atoms with Gasteiger partial charge in [-0.25, -0.2) is 14.8 Å². The van der Waals surface area contributed by atoms with E-state index in [2.05, 4.69) is 31.6 Å². The van der Waals surface area contributed by atoms with Gasteiger partial charge in [-0.15, -0.1) is 0 Å². The van der Waals surface area contributed by atoms with Crippen molar-refractivity contribution in [1.82, 2.24) is 20.2 Å². The molecule has 7 aromatic rings. The second kappa shape index (κ2) is 13.6. The van der Waals surface area contributed by atoms with Gasteiger partial charge in [0.2, 0.25) is 0 Å². The predicted octanol–water partition coefficient (Wildman–Crippen LogP) is 7.36. The second-order valence-corrected chi connectivity index (χ2v) is 14.0. The third-order valence-corrected chi connectivity index (χ3v) is 10.9. The Morgan fingerprint density at radius 1 is 1.00 bits per heavy atom. The van der Waals surface area contributed by atoms with Gasteiger partial charge in [-0.2, -0.15) is 10.4 Å². The molecular weight excluding hydrogens is 697 g/mol. The average molecular weight is 725 g/mol. The first kappa shape index (κ1) is 32.6. The molecular formula is C38H28N8O4S2. The molecule has 12 nitrogen and oxygen atoms in total. The van der Waals surface area contributed by atoms with Crippen LogP contribution < -0.4 is 20.7 Å². The van der Waals surface area contributed by atoms with E-state index in [1.165, 1.54) is 22.7 Å². The summed E-state index contributed by atoms with van der Waals surface area (Å²) in [5.74, 6) is -0.618. The summed E-state index contributed by atoms with van der Waals surface area (Å²) in [4.78, 5) is 37.6. The summed E-state index contributed by atoms with van der Waals surface area (Å²) in [6, 6.07) is 30.3. The number of nitrogens with one attached hydrogen (secondary N) is 2. The van der Waals surface area contributed by atoms with Crippen molar-refractivity contribution in [2.75, 3.05) is 22.5 Å². The van der Waals surface area contributed by atoms with Gasteiger partial charge in [-0.05, 0) is 59.0 Å². The molecule has 5 N–H and O–H groups in total. The van der Waals surface area contributed by atoms with Gasteiger partial charge < -0.3 is 20.5 Å². The molecule has 1 aliphatic rings. The van der Waals surface area contributed by atoms with E-state index >= 15 is 0 Å². The topological polar surface area (TPSA) is 183 Å². The maximum absolute atomic E-state index is 13.5.